The van der Waals surface area contributed by atoms with Gasteiger partial charge in [-0.3, -0.25) is 0 Å². The molecule has 0 spiro atoms. The van der Waals surface area contributed by atoms with Gasteiger partial charge >= 0.3 is 11.5 Å². The molecule has 22 heavy (non-hydrogen) atoms. The molecule has 2 aliphatic heterocycles. The molecule has 2 heterocycles. The molecule has 4 nitrogen and oxygen atoms in total. The first-order chi connectivity index (χ1) is 10.3. The number of benzene rings is 1. The number of hydrogen-bond donors (Lipinski definition) is 2. The van der Waals surface area contributed by atoms with Crippen LogP contribution in [-0.4, -0.2) is 35.6 Å². The third kappa shape index (κ3) is 2.65. The van der Waals surface area contributed by atoms with Crippen molar-refractivity contribution < 1.29 is 18.0 Å². The number of nitrogens with two attached hydrogens (primary N) is 1. The number of carbonyl (C=O) groups is 1. The minimum atomic E-state index is -4.30. The highest BCUT2D eigenvalue weighted by Crippen LogP contribution is 2.44. The van der Waals surface area contributed by atoms with Gasteiger partial charge in [-0.05, 0) is 42.3 Å². The first kappa shape index (κ1) is 15.5. The second-order valence-electron chi connectivity index (χ2n) is 5.64. The maximum atomic E-state index is 12.4. The van der Waals surface area contributed by atoms with Crippen LogP contribution in [-0.2, 0) is 5.54 Å². The van der Waals surface area contributed by atoms with Gasteiger partial charge in [0, 0.05) is 24.0 Å². The third-order valence-corrected chi connectivity index (χ3v) is 5.12. The lowest BCUT2D eigenvalue weighted by Gasteiger charge is -2.44. The molecule has 2 amide bonds. The number of urea groups is 1. The van der Waals surface area contributed by atoms with Gasteiger partial charge in [0.2, 0.25) is 0 Å². The van der Waals surface area contributed by atoms with Gasteiger partial charge in [0.1, 0.15) is 0 Å². The van der Waals surface area contributed by atoms with E-state index >= 15 is 0 Å². The molecule has 3 rings (SSSR count). The summed E-state index contributed by atoms with van der Waals surface area (Å²) in [6.07, 6.45) is 1.61. The van der Waals surface area contributed by atoms with E-state index in [1.165, 1.54) is 12.1 Å². The van der Waals surface area contributed by atoms with E-state index in [1.807, 2.05) is 0 Å². The number of amides is 2. The number of fused-ring (bicyclic) bond motifs is 2. The molecule has 0 aromatic heterocycles. The molecule has 2 unspecified atom stereocenters. The molecule has 0 aliphatic carbocycles. The smallest absolute Gasteiger partial charge is 0.351 e. The first-order valence-electron chi connectivity index (χ1n) is 6.98. The summed E-state index contributed by atoms with van der Waals surface area (Å²) in [5.41, 5.74) is 1.51. The Balaban J connectivity index is 1.90. The average molecular weight is 331 g/mol. The summed E-state index contributed by atoms with van der Waals surface area (Å²) >= 11 is -0.141. The van der Waals surface area contributed by atoms with Crippen molar-refractivity contribution in [3.63, 3.8) is 0 Å². The van der Waals surface area contributed by atoms with Crippen LogP contribution >= 0.6 is 11.8 Å². The molecule has 3 N–H and O–H groups in total. The SMILES string of the molecule is NC(=O)N1C2CCC1(c1ccc(SC(F)(F)F)cc1)CNC2. The predicted molar refractivity (Wildman–Crippen MR) is 77.3 cm³/mol. The quantitative estimate of drug-likeness (QED) is 0.819. The number of primary amides is 1. The fraction of sp³-hybridized carbons (Fsp3) is 0.500. The van der Waals surface area contributed by atoms with Gasteiger partial charge in [0.05, 0.1) is 5.54 Å². The fourth-order valence-electron chi connectivity index (χ4n) is 3.56. The van der Waals surface area contributed by atoms with E-state index in [2.05, 4.69) is 5.32 Å². The van der Waals surface area contributed by atoms with E-state index in [4.69, 9.17) is 5.73 Å². The zero-order chi connectivity index (χ0) is 16.0. The van der Waals surface area contributed by atoms with Crippen molar-refractivity contribution in [1.29, 1.82) is 0 Å². The van der Waals surface area contributed by atoms with Gasteiger partial charge in [-0.25, -0.2) is 4.79 Å². The van der Waals surface area contributed by atoms with Crippen LogP contribution in [0.1, 0.15) is 18.4 Å². The van der Waals surface area contributed by atoms with Crippen molar-refractivity contribution in [3.8, 4) is 0 Å². The molecule has 2 saturated heterocycles. The van der Waals surface area contributed by atoms with Crippen molar-refractivity contribution in [2.24, 2.45) is 5.73 Å². The Kier molecular flexibility index (Phi) is 3.76. The van der Waals surface area contributed by atoms with E-state index in [9.17, 15) is 18.0 Å². The maximum Gasteiger partial charge on any atom is 0.446 e. The average Bonchev–Trinajstić information content (AvgIpc) is 2.66. The topological polar surface area (TPSA) is 58.4 Å². The van der Waals surface area contributed by atoms with Crippen LogP contribution in [0.3, 0.4) is 0 Å². The molecule has 2 fully saturated rings. The molecule has 0 radical (unpaired) electrons. The van der Waals surface area contributed by atoms with Gasteiger partial charge in [0.15, 0.2) is 0 Å². The number of alkyl halides is 3. The molecule has 120 valence electrons. The normalized spacial score (nSPS) is 28.0. The van der Waals surface area contributed by atoms with Crippen molar-refractivity contribution >= 4 is 17.8 Å². The molecule has 2 bridgehead atoms. The Morgan fingerprint density at radius 2 is 2.05 bits per heavy atom. The van der Waals surface area contributed by atoms with Crippen LogP contribution in [0, 0.1) is 0 Å². The van der Waals surface area contributed by atoms with Gasteiger partial charge in [-0.1, -0.05) is 12.1 Å². The monoisotopic (exact) mass is 331 g/mol. The maximum absolute atomic E-state index is 12.4. The minimum Gasteiger partial charge on any atom is -0.351 e. The van der Waals surface area contributed by atoms with Crippen LogP contribution in [0.4, 0.5) is 18.0 Å². The Hall–Kier alpha value is -1.41. The van der Waals surface area contributed by atoms with E-state index in [-0.39, 0.29) is 22.7 Å². The van der Waals surface area contributed by atoms with Crippen molar-refractivity contribution in [1.82, 2.24) is 10.2 Å². The predicted octanol–water partition coefficient (Wildman–Crippen LogP) is 2.64. The summed E-state index contributed by atoms with van der Waals surface area (Å²) < 4.78 is 37.2. The van der Waals surface area contributed by atoms with Crippen molar-refractivity contribution in [2.75, 3.05) is 13.1 Å². The van der Waals surface area contributed by atoms with Crippen molar-refractivity contribution in [3.05, 3.63) is 29.8 Å². The molecule has 8 heteroatoms. The summed E-state index contributed by atoms with van der Waals surface area (Å²) in [4.78, 5) is 13.6. The highest BCUT2D eigenvalue weighted by Gasteiger charge is 2.51. The molecule has 1 aromatic rings. The lowest BCUT2D eigenvalue weighted by Crippen LogP contribution is -2.61. The second kappa shape index (κ2) is 5.34. The standard InChI is InChI=1S/C14H16F3N3OS/c15-14(16,17)22-11-3-1-9(2-4-11)13-6-5-10(7-19-8-13)20(13)12(18)21/h1-4,10,19H,5-8H2,(H2,18,21). The number of hydrogen-bond acceptors (Lipinski definition) is 3. The number of carbonyl (C=O) groups excluding carboxylic acids is 1. The Morgan fingerprint density at radius 3 is 2.64 bits per heavy atom. The largest absolute Gasteiger partial charge is 0.446 e. The van der Waals surface area contributed by atoms with Crippen LogP contribution in [0.2, 0.25) is 0 Å². The molecule has 2 aliphatic rings. The zero-order valence-corrected chi connectivity index (χ0v) is 12.5. The van der Waals surface area contributed by atoms with Gasteiger partial charge in [-0.2, -0.15) is 13.2 Å². The number of halogens is 3. The number of piperazine rings is 1. The molecule has 1 aromatic carbocycles. The summed E-state index contributed by atoms with van der Waals surface area (Å²) in [5.74, 6) is 0. The second-order valence-corrected chi connectivity index (χ2v) is 6.77. The third-order valence-electron chi connectivity index (χ3n) is 4.38. The highest BCUT2D eigenvalue weighted by molar-refractivity contribution is 8.00. The summed E-state index contributed by atoms with van der Waals surface area (Å²) in [6.45, 7) is 1.27. The lowest BCUT2D eigenvalue weighted by molar-refractivity contribution is -0.0328. The molecular formula is C14H16F3N3OS. The molecular weight excluding hydrogens is 315 g/mol. The number of nitrogens with zero attached hydrogens (tertiary/aromatic N) is 1. The van der Waals surface area contributed by atoms with E-state index in [1.54, 1.807) is 17.0 Å². The van der Waals surface area contributed by atoms with Gasteiger partial charge < -0.3 is 16.0 Å². The first-order valence-corrected chi connectivity index (χ1v) is 7.79. The fourth-order valence-corrected chi connectivity index (χ4v) is 4.10. The highest BCUT2D eigenvalue weighted by atomic mass is 32.2. The van der Waals surface area contributed by atoms with E-state index in [0.717, 1.165) is 18.4 Å². The molecule has 0 saturated carbocycles. The summed E-state index contributed by atoms with van der Waals surface area (Å²) in [6, 6.07) is 5.80. The van der Waals surface area contributed by atoms with Gasteiger partial charge in [-0.15, -0.1) is 0 Å². The zero-order valence-electron chi connectivity index (χ0n) is 11.7. The van der Waals surface area contributed by atoms with Crippen LogP contribution in [0.25, 0.3) is 0 Å². The summed E-state index contributed by atoms with van der Waals surface area (Å²) in [5, 5.41) is 3.29. The lowest BCUT2D eigenvalue weighted by atomic mass is 9.87. The Bertz CT molecular complexity index is 574. The van der Waals surface area contributed by atoms with Crippen LogP contribution in [0.15, 0.2) is 29.2 Å². The molecule has 2 atom stereocenters. The number of nitrogens with one attached hydrogen (secondary N) is 1. The summed E-state index contributed by atoms with van der Waals surface area (Å²) in [7, 11) is 0. The minimum absolute atomic E-state index is 0.0514. The van der Waals surface area contributed by atoms with E-state index in [0.29, 0.717) is 13.1 Å². The van der Waals surface area contributed by atoms with E-state index < -0.39 is 17.1 Å². The Labute approximate surface area is 130 Å². The number of thioether (sulfide) groups is 1. The number of rotatable bonds is 2. The Morgan fingerprint density at radius 1 is 1.36 bits per heavy atom. The van der Waals surface area contributed by atoms with Crippen molar-refractivity contribution in [2.45, 2.75) is 34.8 Å². The van der Waals surface area contributed by atoms with Crippen LogP contribution in [0.5, 0.6) is 0 Å². The van der Waals surface area contributed by atoms with Gasteiger partial charge in [0.25, 0.3) is 0 Å². The van der Waals surface area contributed by atoms with Crippen LogP contribution < -0.4 is 11.1 Å².